The van der Waals surface area contributed by atoms with Crippen molar-refractivity contribution in [2.45, 2.75) is 51.6 Å². The van der Waals surface area contributed by atoms with Gasteiger partial charge in [-0.15, -0.1) is 15.3 Å². The molecular formula is C12H17N5S2. The molecule has 1 saturated carbocycles. The molecule has 2 heterocycles. The van der Waals surface area contributed by atoms with Crippen LogP contribution in [0.2, 0.25) is 0 Å². The first kappa shape index (κ1) is 13.1. The molecule has 0 spiro atoms. The van der Waals surface area contributed by atoms with Crippen LogP contribution in [0.25, 0.3) is 9.88 Å². The molecule has 1 aliphatic carbocycles. The molecule has 0 bridgehead atoms. The summed E-state index contributed by atoms with van der Waals surface area (Å²) in [6.45, 7) is 7.25. The number of aromatic nitrogens is 4. The summed E-state index contributed by atoms with van der Waals surface area (Å²) in [7, 11) is 0. The number of hydrogen-bond donors (Lipinski definition) is 1. The summed E-state index contributed by atoms with van der Waals surface area (Å²) in [4.78, 5) is 1.06. The maximum Gasteiger partial charge on any atom is 0.161 e. The topological polar surface area (TPSA) is 63.6 Å². The molecule has 2 aromatic rings. The molecule has 19 heavy (non-hydrogen) atoms. The Kier molecular flexibility index (Phi) is 3.36. The molecule has 0 atom stereocenters. The minimum Gasteiger partial charge on any atom is -0.308 e. The fraction of sp³-hybridized carbons (Fsp3) is 0.667. The molecule has 0 amide bonds. The minimum absolute atomic E-state index is 0.0135. The van der Waals surface area contributed by atoms with Gasteiger partial charge in [0, 0.05) is 18.0 Å². The first-order chi connectivity index (χ1) is 9.04. The van der Waals surface area contributed by atoms with Crippen molar-refractivity contribution >= 4 is 22.9 Å². The maximum absolute atomic E-state index is 4.29. The molecule has 0 radical (unpaired) electrons. The summed E-state index contributed by atoms with van der Waals surface area (Å²) in [6, 6.07) is 0.697. The Labute approximate surface area is 120 Å². The van der Waals surface area contributed by atoms with E-state index < -0.39 is 0 Å². The van der Waals surface area contributed by atoms with Gasteiger partial charge in [-0.1, -0.05) is 36.6 Å². The fourth-order valence-corrected chi connectivity index (χ4v) is 3.48. The van der Waals surface area contributed by atoms with E-state index in [1.165, 1.54) is 24.4 Å². The average Bonchev–Trinajstić information content (AvgIpc) is 2.87. The van der Waals surface area contributed by atoms with Gasteiger partial charge in [-0.3, -0.25) is 0 Å². The molecule has 0 unspecified atom stereocenters. The van der Waals surface area contributed by atoms with Crippen molar-refractivity contribution in [1.82, 2.24) is 25.1 Å². The summed E-state index contributed by atoms with van der Waals surface area (Å²) < 4.78 is 4.07. The molecule has 7 heteroatoms. The zero-order valence-corrected chi connectivity index (χ0v) is 12.9. The third kappa shape index (κ3) is 2.98. The van der Waals surface area contributed by atoms with Gasteiger partial charge in [-0.25, -0.2) is 0 Å². The Bertz CT molecular complexity index is 565. The van der Waals surface area contributed by atoms with E-state index in [4.69, 9.17) is 0 Å². The number of nitrogens with one attached hydrogen (secondary N) is 1. The number of nitrogens with zero attached hydrogens (tertiary/aromatic N) is 4. The molecule has 5 nitrogen and oxygen atoms in total. The zero-order valence-electron chi connectivity index (χ0n) is 11.3. The normalized spacial score (nSPS) is 15.9. The zero-order chi connectivity index (χ0) is 13.5. The Morgan fingerprint density at radius 1 is 1.21 bits per heavy atom. The maximum atomic E-state index is 4.29. The van der Waals surface area contributed by atoms with Crippen molar-refractivity contribution in [3.63, 3.8) is 0 Å². The number of hydrogen-bond acceptors (Lipinski definition) is 7. The van der Waals surface area contributed by atoms with Crippen molar-refractivity contribution in [3.05, 3.63) is 10.7 Å². The van der Waals surface area contributed by atoms with Crippen molar-refractivity contribution in [3.8, 4) is 9.88 Å². The SMILES string of the molecule is CC(C)(C)c1nnsc1-c1nnc(CNC2CC2)s1. The van der Waals surface area contributed by atoms with E-state index in [-0.39, 0.29) is 5.41 Å². The van der Waals surface area contributed by atoms with E-state index >= 15 is 0 Å². The lowest BCUT2D eigenvalue weighted by Gasteiger charge is -2.15. The summed E-state index contributed by atoms with van der Waals surface area (Å²) in [5, 5.41) is 18.2. The van der Waals surface area contributed by atoms with Crippen LogP contribution in [0.4, 0.5) is 0 Å². The van der Waals surface area contributed by atoms with Crippen LogP contribution >= 0.6 is 22.9 Å². The molecule has 3 rings (SSSR count). The average molecular weight is 295 g/mol. The van der Waals surface area contributed by atoms with E-state index in [0.29, 0.717) is 6.04 Å². The predicted octanol–water partition coefficient (Wildman–Crippen LogP) is 2.61. The lowest BCUT2D eigenvalue weighted by Crippen LogP contribution is -2.14. The summed E-state index contributed by atoms with van der Waals surface area (Å²) >= 11 is 3.04. The molecule has 1 aliphatic rings. The second kappa shape index (κ2) is 4.88. The predicted molar refractivity (Wildman–Crippen MR) is 77.4 cm³/mol. The highest BCUT2D eigenvalue weighted by Gasteiger charge is 2.25. The molecule has 1 fully saturated rings. The third-order valence-electron chi connectivity index (χ3n) is 2.98. The number of rotatable bonds is 4. The monoisotopic (exact) mass is 295 g/mol. The molecule has 0 aliphatic heterocycles. The molecule has 2 aromatic heterocycles. The van der Waals surface area contributed by atoms with E-state index in [2.05, 4.69) is 45.9 Å². The summed E-state index contributed by atoms with van der Waals surface area (Å²) in [5.74, 6) is 0. The van der Waals surface area contributed by atoms with Crippen LogP contribution in [0, 0.1) is 0 Å². The Balaban J connectivity index is 1.80. The Morgan fingerprint density at radius 2 is 2.00 bits per heavy atom. The van der Waals surface area contributed by atoms with Crippen LogP contribution in [0.5, 0.6) is 0 Å². The van der Waals surface area contributed by atoms with Gasteiger partial charge in [-0.2, -0.15) is 0 Å². The largest absolute Gasteiger partial charge is 0.308 e. The smallest absolute Gasteiger partial charge is 0.161 e. The molecule has 0 saturated heterocycles. The van der Waals surface area contributed by atoms with Gasteiger partial charge in [0.2, 0.25) is 0 Å². The fourth-order valence-electron chi connectivity index (χ4n) is 1.76. The van der Waals surface area contributed by atoms with Crippen LogP contribution in [-0.2, 0) is 12.0 Å². The van der Waals surface area contributed by atoms with Gasteiger partial charge in [0.1, 0.15) is 9.88 Å². The van der Waals surface area contributed by atoms with Crippen molar-refractivity contribution in [1.29, 1.82) is 0 Å². The molecule has 1 N–H and O–H groups in total. The summed E-state index contributed by atoms with van der Waals surface area (Å²) in [5.41, 5.74) is 0.996. The van der Waals surface area contributed by atoms with Crippen molar-refractivity contribution in [2.75, 3.05) is 0 Å². The first-order valence-corrected chi connectivity index (χ1v) is 8.02. The van der Waals surface area contributed by atoms with Crippen LogP contribution in [0.1, 0.15) is 44.3 Å². The standard InChI is InChI=1S/C12H17N5S2/c1-12(2,3)10-9(19-17-15-10)11-16-14-8(18-11)6-13-7-4-5-7/h7,13H,4-6H2,1-3H3. The highest BCUT2D eigenvalue weighted by Crippen LogP contribution is 2.35. The van der Waals surface area contributed by atoms with E-state index in [1.54, 1.807) is 11.3 Å². The lowest BCUT2D eigenvalue weighted by molar-refractivity contribution is 0.568. The Hall–Kier alpha value is -0.920. The summed E-state index contributed by atoms with van der Waals surface area (Å²) in [6.07, 6.45) is 2.58. The van der Waals surface area contributed by atoms with Crippen LogP contribution in [0.15, 0.2) is 0 Å². The van der Waals surface area contributed by atoms with Gasteiger partial charge in [0.05, 0.1) is 5.69 Å². The van der Waals surface area contributed by atoms with Gasteiger partial charge < -0.3 is 5.32 Å². The van der Waals surface area contributed by atoms with Crippen LogP contribution in [-0.4, -0.2) is 25.8 Å². The molecule has 102 valence electrons. The van der Waals surface area contributed by atoms with Gasteiger partial charge in [-0.05, 0) is 24.4 Å². The second-order valence-electron chi connectivity index (χ2n) is 5.86. The third-order valence-corrected chi connectivity index (χ3v) is 4.78. The van der Waals surface area contributed by atoms with Gasteiger partial charge in [0.25, 0.3) is 0 Å². The highest BCUT2D eigenvalue weighted by atomic mass is 32.1. The molecular weight excluding hydrogens is 278 g/mol. The van der Waals surface area contributed by atoms with Crippen molar-refractivity contribution in [2.24, 2.45) is 0 Å². The molecule has 0 aromatic carbocycles. The van der Waals surface area contributed by atoms with Crippen LogP contribution in [0.3, 0.4) is 0 Å². The lowest BCUT2D eigenvalue weighted by atomic mass is 9.91. The Morgan fingerprint density at radius 3 is 2.68 bits per heavy atom. The second-order valence-corrected chi connectivity index (χ2v) is 7.67. The van der Waals surface area contributed by atoms with E-state index in [1.807, 2.05) is 0 Å². The van der Waals surface area contributed by atoms with Crippen molar-refractivity contribution < 1.29 is 0 Å². The van der Waals surface area contributed by atoms with Gasteiger partial charge in [0.15, 0.2) is 5.01 Å². The van der Waals surface area contributed by atoms with E-state index in [9.17, 15) is 0 Å². The van der Waals surface area contributed by atoms with E-state index in [0.717, 1.165) is 27.1 Å². The quantitative estimate of drug-likeness (QED) is 0.939. The van der Waals surface area contributed by atoms with Gasteiger partial charge >= 0.3 is 0 Å². The van der Waals surface area contributed by atoms with Crippen LogP contribution < -0.4 is 5.32 Å². The first-order valence-electron chi connectivity index (χ1n) is 6.43. The highest BCUT2D eigenvalue weighted by molar-refractivity contribution is 7.19. The minimum atomic E-state index is -0.0135.